The number of nitrogens with one attached hydrogen (secondary N) is 2. The average Bonchev–Trinajstić information content (AvgIpc) is 3.35. The maximum Gasteiger partial charge on any atom is 0.224 e. The smallest absolute Gasteiger partial charge is 0.224 e. The molecule has 0 spiro atoms. The SMILES string of the molecule is C[C@H]1[C@H](O)[C@@H](O)[C@H]2CNC[C@@H]2[C@H]1C(=O)NCc1cc(-c2ccccn2)no1.Cl.Cl. The van der Waals surface area contributed by atoms with Crippen LogP contribution in [0.1, 0.15) is 12.7 Å². The van der Waals surface area contributed by atoms with Crippen LogP contribution in [0, 0.1) is 23.7 Å². The second kappa shape index (κ2) is 9.86. The zero-order valence-electron chi connectivity index (χ0n) is 15.9. The molecular formula is C19H26Cl2N4O4. The molecule has 6 atom stereocenters. The van der Waals surface area contributed by atoms with Gasteiger partial charge in [-0.15, -0.1) is 24.8 Å². The molecule has 2 fully saturated rings. The van der Waals surface area contributed by atoms with Crippen LogP contribution >= 0.6 is 24.8 Å². The number of rotatable bonds is 4. The van der Waals surface area contributed by atoms with Gasteiger partial charge in [-0.25, -0.2) is 0 Å². The molecule has 1 saturated carbocycles. The van der Waals surface area contributed by atoms with Crippen LogP contribution in [-0.2, 0) is 11.3 Å². The fourth-order valence-corrected chi connectivity index (χ4v) is 4.41. The van der Waals surface area contributed by atoms with Crippen LogP contribution < -0.4 is 10.6 Å². The van der Waals surface area contributed by atoms with Gasteiger partial charge < -0.3 is 25.4 Å². The summed E-state index contributed by atoms with van der Waals surface area (Å²) in [4.78, 5) is 17.1. The maximum atomic E-state index is 12.8. The monoisotopic (exact) mass is 444 g/mol. The van der Waals surface area contributed by atoms with Crippen LogP contribution in [0.4, 0.5) is 0 Å². The molecule has 0 unspecified atom stereocenters. The van der Waals surface area contributed by atoms with E-state index in [2.05, 4.69) is 20.8 Å². The van der Waals surface area contributed by atoms with Crippen molar-refractivity contribution in [1.82, 2.24) is 20.8 Å². The van der Waals surface area contributed by atoms with E-state index in [9.17, 15) is 15.0 Å². The molecule has 4 N–H and O–H groups in total. The molecule has 10 heteroatoms. The Bertz CT molecular complexity index is 807. The Hall–Kier alpha value is -1.71. The first-order valence-electron chi connectivity index (χ1n) is 9.28. The topological polar surface area (TPSA) is 121 Å². The number of nitrogens with zero attached hydrogens (tertiary/aromatic N) is 2. The third-order valence-electron chi connectivity index (χ3n) is 5.89. The predicted octanol–water partition coefficient (Wildman–Crippen LogP) is 1.02. The zero-order valence-corrected chi connectivity index (χ0v) is 17.5. The first-order valence-corrected chi connectivity index (χ1v) is 9.28. The molecule has 3 heterocycles. The van der Waals surface area contributed by atoms with Gasteiger partial charge >= 0.3 is 0 Å². The largest absolute Gasteiger partial charge is 0.390 e. The molecule has 1 saturated heterocycles. The molecule has 8 nitrogen and oxygen atoms in total. The van der Waals surface area contributed by atoms with E-state index in [0.717, 1.165) is 0 Å². The standard InChI is InChI=1S/C19H24N4O4.2ClH/c1-10-16(12-8-20-9-13(12)18(25)17(10)24)19(26)22-7-11-6-15(23-27-11)14-4-2-3-5-21-14;;/h2-6,10,12-13,16-18,20,24-25H,7-9H2,1H3,(H,22,26);2*1H/t10-,12+,13+,16+,17+,18+;;/m1../s1. The number of amides is 1. The Labute approximate surface area is 181 Å². The molecule has 29 heavy (non-hydrogen) atoms. The van der Waals surface area contributed by atoms with E-state index in [4.69, 9.17) is 4.52 Å². The molecule has 0 aromatic carbocycles. The van der Waals surface area contributed by atoms with Crippen molar-refractivity contribution >= 4 is 30.7 Å². The summed E-state index contributed by atoms with van der Waals surface area (Å²) in [6.45, 7) is 3.32. The van der Waals surface area contributed by atoms with Crippen LogP contribution in [-0.4, -0.2) is 51.6 Å². The van der Waals surface area contributed by atoms with Gasteiger partial charge in [0.2, 0.25) is 5.91 Å². The number of carbonyl (C=O) groups is 1. The van der Waals surface area contributed by atoms with Gasteiger partial charge in [-0.3, -0.25) is 9.78 Å². The minimum absolute atomic E-state index is 0. The first kappa shape index (κ1) is 23.6. The zero-order chi connectivity index (χ0) is 19.0. The molecule has 4 rings (SSSR count). The number of carbonyl (C=O) groups excluding carboxylic acids is 1. The van der Waals surface area contributed by atoms with E-state index in [-0.39, 0.29) is 60.9 Å². The molecular weight excluding hydrogens is 419 g/mol. The summed E-state index contributed by atoms with van der Waals surface area (Å²) in [5.74, 6) is -0.371. The maximum absolute atomic E-state index is 12.8. The third kappa shape index (κ3) is 4.57. The van der Waals surface area contributed by atoms with Crippen LogP contribution in [0.2, 0.25) is 0 Å². The normalized spacial score (nSPS) is 30.6. The Morgan fingerprint density at radius 1 is 1.21 bits per heavy atom. The van der Waals surface area contributed by atoms with E-state index in [1.807, 2.05) is 25.1 Å². The van der Waals surface area contributed by atoms with Gasteiger partial charge in [0, 0.05) is 30.6 Å². The lowest BCUT2D eigenvalue weighted by molar-refractivity contribution is -0.146. The lowest BCUT2D eigenvalue weighted by Gasteiger charge is -2.43. The number of aliphatic hydroxyl groups excluding tert-OH is 2. The summed E-state index contributed by atoms with van der Waals surface area (Å²) in [7, 11) is 0. The summed E-state index contributed by atoms with van der Waals surface area (Å²) < 4.78 is 5.30. The molecule has 1 aliphatic carbocycles. The number of hydrogen-bond donors (Lipinski definition) is 4. The number of aromatic nitrogens is 2. The highest BCUT2D eigenvalue weighted by atomic mass is 35.5. The number of pyridine rings is 1. The Kier molecular flexibility index (Phi) is 8.02. The van der Waals surface area contributed by atoms with E-state index in [1.165, 1.54) is 0 Å². The molecule has 2 aromatic rings. The number of halogens is 2. The van der Waals surface area contributed by atoms with Crippen LogP contribution in [0.3, 0.4) is 0 Å². The number of aliphatic hydroxyl groups is 2. The van der Waals surface area contributed by atoms with Crippen molar-refractivity contribution in [1.29, 1.82) is 0 Å². The van der Waals surface area contributed by atoms with Crippen molar-refractivity contribution in [2.45, 2.75) is 25.7 Å². The summed E-state index contributed by atoms with van der Waals surface area (Å²) in [6, 6.07) is 7.29. The molecule has 2 aliphatic rings. The van der Waals surface area contributed by atoms with Crippen LogP contribution in [0.5, 0.6) is 0 Å². The minimum atomic E-state index is -0.900. The highest BCUT2D eigenvalue weighted by molar-refractivity contribution is 5.85. The van der Waals surface area contributed by atoms with Gasteiger partial charge in [-0.05, 0) is 30.5 Å². The number of hydrogen-bond acceptors (Lipinski definition) is 7. The van der Waals surface area contributed by atoms with Gasteiger partial charge in [0.15, 0.2) is 5.76 Å². The summed E-state index contributed by atoms with van der Waals surface area (Å²) in [5, 5.41) is 30.7. The molecule has 0 radical (unpaired) electrons. The minimum Gasteiger partial charge on any atom is -0.390 e. The van der Waals surface area contributed by atoms with Gasteiger partial charge in [-0.1, -0.05) is 18.1 Å². The molecule has 1 amide bonds. The van der Waals surface area contributed by atoms with E-state index in [1.54, 1.807) is 12.3 Å². The predicted molar refractivity (Wildman–Crippen MR) is 111 cm³/mol. The lowest BCUT2D eigenvalue weighted by Crippen LogP contribution is -2.55. The van der Waals surface area contributed by atoms with E-state index < -0.39 is 12.2 Å². The molecule has 2 aromatic heterocycles. The Morgan fingerprint density at radius 2 is 1.97 bits per heavy atom. The van der Waals surface area contributed by atoms with E-state index in [0.29, 0.717) is 30.2 Å². The molecule has 160 valence electrons. The Morgan fingerprint density at radius 3 is 2.69 bits per heavy atom. The van der Waals surface area contributed by atoms with Crippen LogP contribution in [0.25, 0.3) is 11.4 Å². The first-order chi connectivity index (χ1) is 13.1. The van der Waals surface area contributed by atoms with Gasteiger partial charge in [0.1, 0.15) is 5.69 Å². The lowest BCUT2D eigenvalue weighted by atomic mass is 9.65. The molecule has 0 bridgehead atoms. The van der Waals surface area contributed by atoms with Gasteiger partial charge in [0.25, 0.3) is 0 Å². The van der Waals surface area contributed by atoms with Crippen molar-refractivity contribution in [2.24, 2.45) is 23.7 Å². The fraction of sp³-hybridized carbons (Fsp3) is 0.526. The quantitative estimate of drug-likeness (QED) is 0.555. The average molecular weight is 445 g/mol. The van der Waals surface area contributed by atoms with Crippen molar-refractivity contribution < 1.29 is 19.5 Å². The van der Waals surface area contributed by atoms with Crippen LogP contribution in [0.15, 0.2) is 35.0 Å². The third-order valence-corrected chi connectivity index (χ3v) is 5.89. The van der Waals surface area contributed by atoms with Gasteiger partial charge in [0.05, 0.1) is 24.4 Å². The second-order valence-corrected chi connectivity index (χ2v) is 7.46. The van der Waals surface area contributed by atoms with Crippen molar-refractivity contribution in [3.8, 4) is 11.4 Å². The van der Waals surface area contributed by atoms with Gasteiger partial charge in [-0.2, -0.15) is 0 Å². The summed E-state index contributed by atoms with van der Waals surface area (Å²) >= 11 is 0. The number of fused-ring (bicyclic) bond motifs is 1. The Balaban J connectivity index is 0.00000150. The van der Waals surface area contributed by atoms with E-state index >= 15 is 0 Å². The highest BCUT2D eigenvalue weighted by Crippen LogP contribution is 2.41. The summed E-state index contributed by atoms with van der Waals surface area (Å²) in [5.41, 5.74) is 1.32. The molecule has 1 aliphatic heterocycles. The van der Waals surface area contributed by atoms with Crippen molar-refractivity contribution in [3.63, 3.8) is 0 Å². The highest BCUT2D eigenvalue weighted by Gasteiger charge is 2.52. The van der Waals surface area contributed by atoms with Crippen molar-refractivity contribution in [3.05, 3.63) is 36.2 Å². The second-order valence-electron chi connectivity index (χ2n) is 7.46. The summed E-state index contributed by atoms with van der Waals surface area (Å²) in [6.07, 6.45) is -0.0102. The van der Waals surface area contributed by atoms with Crippen molar-refractivity contribution in [2.75, 3.05) is 13.1 Å². The fourth-order valence-electron chi connectivity index (χ4n) is 4.41.